The number of hydrogen-bond donors (Lipinski definition) is 0. The van der Waals surface area contributed by atoms with Gasteiger partial charge in [-0.25, -0.2) is 0 Å². The monoisotopic (exact) mass is 145 g/mol. The second-order valence-corrected chi connectivity index (χ2v) is 1.79. The predicted octanol–water partition coefficient (Wildman–Crippen LogP) is 1.00. The van der Waals surface area contributed by atoms with E-state index in [0.717, 1.165) is 10.9 Å². The summed E-state index contributed by atoms with van der Waals surface area (Å²) in [6.45, 7) is -2.29. The third-order valence-corrected chi connectivity index (χ3v) is 1.15. The van der Waals surface area contributed by atoms with Crippen molar-refractivity contribution in [2.75, 3.05) is 0 Å². The van der Waals surface area contributed by atoms with Gasteiger partial charge in [0.05, 0.1) is 0 Å². The second kappa shape index (κ2) is 2.40. The van der Waals surface area contributed by atoms with Crippen molar-refractivity contribution in [1.82, 2.24) is 14.8 Å². The molecule has 0 bridgehead atoms. The Kier molecular flexibility index (Phi) is 0.442. The molecule has 0 saturated heterocycles. The van der Waals surface area contributed by atoms with Crippen LogP contribution in [0.15, 0.2) is 6.33 Å². The quantitative estimate of drug-likeness (QED) is 0.545. The minimum atomic E-state index is -2.92. The first-order valence-electron chi connectivity index (χ1n) is 6.84. The minimum Gasteiger partial charge on any atom is -0.318 e. The number of aryl methyl sites for hydroxylation is 2. The molecule has 0 atom stereocenters. The van der Waals surface area contributed by atoms with Crippen LogP contribution in [0.5, 0.6) is 0 Å². The van der Waals surface area contributed by atoms with Gasteiger partial charge in [0.2, 0.25) is 0 Å². The number of rotatable bonds is 0. The molecule has 0 N–H and O–H groups in total. The van der Waals surface area contributed by atoms with Crippen LogP contribution >= 0.6 is 0 Å². The lowest BCUT2D eigenvalue weighted by Gasteiger charge is -1.97. The number of aromatic nitrogens is 3. The zero-order chi connectivity index (χ0) is 14.0. The Morgan fingerprint density at radius 2 is 2.60 bits per heavy atom. The number of nitrogens with zero attached hydrogens (tertiary/aromatic N) is 3. The highest BCUT2D eigenvalue weighted by molar-refractivity contribution is 4.87. The highest BCUT2D eigenvalue weighted by Gasteiger charge is 2.06. The zero-order valence-electron chi connectivity index (χ0n) is 13.1. The van der Waals surface area contributed by atoms with Gasteiger partial charge in [0.15, 0.2) is 0 Å². The molecule has 0 saturated carbocycles. The van der Waals surface area contributed by atoms with Gasteiger partial charge in [-0.15, -0.1) is 10.2 Å². The fraction of sp³-hybridized carbons (Fsp3) is 0.714. The molecule has 0 spiro atoms. The third-order valence-electron chi connectivity index (χ3n) is 1.15. The highest BCUT2D eigenvalue weighted by Crippen LogP contribution is 2.10. The summed E-state index contributed by atoms with van der Waals surface area (Å²) in [4.78, 5) is 0. The molecule has 0 aromatic carbocycles. The van der Waals surface area contributed by atoms with E-state index in [1.54, 1.807) is 0 Å². The average Bonchev–Trinajstić information content (AvgIpc) is 2.62. The topological polar surface area (TPSA) is 30.7 Å². The molecule has 3 nitrogen and oxygen atoms in total. The molecule has 1 aromatic heterocycles. The Bertz CT molecular complexity index is 479. The third kappa shape index (κ3) is 0.916. The van der Waals surface area contributed by atoms with Crippen LogP contribution in [0.25, 0.3) is 0 Å². The fourth-order valence-corrected chi connectivity index (χ4v) is 0.705. The molecule has 0 amide bonds. The lowest BCUT2D eigenvalue weighted by atomic mass is 10.2. The SMILES string of the molecule is [2H]C1([2H])CC([2H])([2H])C([2H])([2H])C([2H])([2H])c2nncn21. The number of fused-ring (bicyclic) bond motifs is 1. The normalized spacial score (nSPS) is 50.0. The van der Waals surface area contributed by atoms with E-state index in [9.17, 15) is 0 Å². The molecule has 1 aromatic rings. The lowest BCUT2D eigenvalue weighted by Crippen LogP contribution is -1.98. The lowest BCUT2D eigenvalue weighted by molar-refractivity contribution is 0.632. The van der Waals surface area contributed by atoms with Crippen LogP contribution in [0.4, 0.5) is 0 Å². The van der Waals surface area contributed by atoms with Crippen LogP contribution in [0, 0.1) is 0 Å². The molecule has 1 aliphatic rings. The average molecular weight is 145 g/mol. The van der Waals surface area contributed by atoms with Crippen LogP contribution < -0.4 is 0 Å². The largest absolute Gasteiger partial charge is 0.318 e. The minimum absolute atomic E-state index is 0.543. The van der Waals surface area contributed by atoms with Crippen molar-refractivity contribution in [2.24, 2.45) is 0 Å². The second-order valence-electron chi connectivity index (χ2n) is 1.79. The van der Waals surface area contributed by atoms with Gasteiger partial charge >= 0.3 is 0 Å². The Balaban J connectivity index is 2.75. The summed E-state index contributed by atoms with van der Waals surface area (Å²) >= 11 is 0. The Morgan fingerprint density at radius 3 is 3.60 bits per heavy atom. The van der Waals surface area contributed by atoms with Crippen LogP contribution in [0.3, 0.4) is 0 Å². The Labute approximate surface area is 71.3 Å². The van der Waals surface area contributed by atoms with Gasteiger partial charge < -0.3 is 4.57 Å². The van der Waals surface area contributed by atoms with E-state index in [4.69, 9.17) is 11.0 Å². The first-order chi connectivity index (χ1) is 7.93. The van der Waals surface area contributed by atoms with Crippen LogP contribution in [0.1, 0.15) is 36.0 Å². The Hall–Kier alpha value is -0.860. The first kappa shape index (κ1) is 1.84. The van der Waals surface area contributed by atoms with Crippen LogP contribution in [-0.4, -0.2) is 14.8 Å². The summed E-state index contributed by atoms with van der Waals surface area (Å²) in [6, 6.07) is 0. The van der Waals surface area contributed by atoms with E-state index in [-0.39, 0.29) is 0 Å². The molecule has 0 unspecified atom stereocenters. The predicted molar refractivity (Wildman–Crippen MR) is 37.6 cm³/mol. The fourth-order valence-electron chi connectivity index (χ4n) is 0.705. The van der Waals surface area contributed by atoms with E-state index < -0.39 is 37.9 Å². The van der Waals surface area contributed by atoms with E-state index in [2.05, 4.69) is 10.2 Å². The summed E-state index contributed by atoms with van der Waals surface area (Å²) in [7, 11) is 0. The summed E-state index contributed by atoms with van der Waals surface area (Å²) in [5.41, 5.74) is 0. The number of hydrogen-bond acceptors (Lipinski definition) is 2. The van der Waals surface area contributed by atoms with Crippen molar-refractivity contribution in [2.45, 2.75) is 32.0 Å². The summed E-state index contributed by atoms with van der Waals surface area (Å²) in [5.74, 6) is -0.543. The van der Waals surface area contributed by atoms with Gasteiger partial charge in [-0.3, -0.25) is 0 Å². The van der Waals surface area contributed by atoms with Crippen molar-refractivity contribution in [3.8, 4) is 0 Å². The highest BCUT2D eigenvalue weighted by atomic mass is 15.3. The smallest absolute Gasteiger partial charge is 0.132 e. The summed E-state index contributed by atoms with van der Waals surface area (Å²) in [6.07, 6.45) is -8.26. The standard InChI is InChI=1S/C7H11N3/c1-2-4-7-9-8-6-10(7)5-3-1/h6H,1-5H2/i1D2,2D2,4D2,5D2. The molecule has 0 aliphatic carbocycles. The van der Waals surface area contributed by atoms with Crippen LogP contribution in [0.2, 0.25) is 0 Å². The Morgan fingerprint density at radius 1 is 1.60 bits per heavy atom. The maximum absolute atomic E-state index is 7.76. The van der Waals surface area contributed by atoms with Crippen molar-refractivity contribution in [1.29, 1.82) is 0 Å². The van der Waals surface area contributed by atoms with Gasteiger partial charge in [-0.1, -0.05) is 6.37 Å². The van der Waals surface area contributed by atoms with Crippen molar-refractivity contribution >= 4 is 0 Å². The molecular weight excluding hydrogens is 126 g/mol. The molecule has 0 radical (unpaired) electrons. The van der Waals surface area contributed by atoms with Gasteiger partial charge in [-0.05, 0) is 12.8 Å². The summed E-state index contributed by atoms with van der Waals surface area (Å²) in [5, 5.41) is 6.81. The van der Waals surface area contributed by atoms with Gasteiger partial charge in [-0.2, -0.15) is 0 Å². The first-order valence-corrected chi connectivity index (χ1v) is 2.84. The molecule has 2 rings (SSSR count). The molecular formula is C7H11N3. The van der Waals surface area contributed by atoms with Crippen molar-refractivity contribution in [3.05, 3.63) is 12.2 Å². The van der Waals surface area contributed by atoms with E-state index >= 15 is 0 Å². The van der Waals surface area contributed by atoms with E-state index in [0.29, 0.717) is 0 Å². The van der Waals surface area contributed by atoms with Crippen molar-refractivity contribution < 1.29 is 11.0 Å². The van der Waals surface area contributed by atoms with Gasteiger partial charge in [0.1, 0.15) is 12.2 Å². The molecule has 1 aliphatic heterocycles. The maximum Gasteiger partial charge on any atom is 0.132 e. The molecule has 0 fully saturated rings. The molecule has 3 heteroatoms. The molecule has 54 valence electrons. The zero-order valence-corrected chi connectivity index (χ0v) is 5.13. The van der Waals surface area contributed by atoms with E-state index in [1.807, 2.05) is 0 Å². The maximum atomic E-state index is 7.76. The molecule has 2 heterocycles. The summed E-state index contributed by atoms with van der Waals surface area (Å²) < 4.78 is 62.4. The molecule has 10 heavy (non-hydrogen) atoms. The van der Waals surface area contributed by atoms with Gasteiger partial charge in [0, 0.05) is 23.8 Å². The van der Waals surface area contributed by atoms with E-state index in [1.165, 1.54) is 0 Å². The van der Waals surface area contributed by atoms with Crippen LogP contribution in [-0.2, 0) is 12.9 Å². The van der Waals surface area contributed by atoms with Gasteiger partial charge in [0.25, 0.3) is 0 Å². The van der Waals surface area contributed by atoms with Crippen molar-refractivity contribution in [3.63, 3.8) is 0 Å².